The molecule has 76 valence electrons. The maximum Gasteiger partial charge on any atom is 0.0354 e. The molecule has 0 saturated heterocycles. The standard InChI is InChI=1S/C13H19N/c1-4-5-12-6-8-13(9-7-12)14-10-11(2)3/h6-9,14H,2,4-5,10H2,1,3H3. The van der Waals surface area contributed by atoms with Gasteiger partial charge in [0, 0.05) is 12.2 Å². The van der Waals surface area contributed by atoms with Crippen molar-refractivity contribution in [2.75, 3.05) is 11.9 Å². The highest BCUT2D eigenvalue weighted by Gasteiger charge is 1.93. The van der Waals surface area contributed by atoms with Crippen LogP contribution in [0, 0.1) is 0 Å². The van der Waals surface area contributed by atoms with Crippen molar-refractivity contribution in [2.45, 2.75) is 26.7 Å². The van der Waals surface area contributed by atoms with Gasteiger partial charge >= 0.3 is 0 Å². The van der Waals surface area contributed by atoms with E-state index in [-0.39, 0.29) is 0 Å². The van der Waals surface area contributed by atoms with Crippen LogP contribution in [0.1, 0.15) is 25.8 Å². The SMILES string of the molecule is C=C(C)CNc1ccc(CCC)cc1. The normalized spacial score (nSPS) is 9.86. The van der Waals surface area contributed by atoms with Crippen LogP contribution in [0.3, 0.4) is 0 Å². The number of rotatable bonds is 5. The number of benzene rings is 1. The van der Waals surface area contributed by atoms with Gasteiger partial charge in [-0.15, -0.1) is 0 Å². The molecule has 0 unspecified atom stereocenters. The van der Waals surface area contributed by atoms with Gasteiger partial charge in [0.1, 0.15) is 0 Å². The highest BCUT2D eigenvalue weighted by Crippen LogP contribution is 2.11. The van der Waals surface area contributed by atoms with E-state index < -0.39 is 0 Å². The van der Waals surface area contributed by atoms with Crippen molar-refractivity contribution >= 4 is 5.69 Å². The van der Waals surface area contributed by atoms with E-state index in [4.69, 9.17) is 0 Å². The van der Waals surface area contributed by atoms with Crippen LogP contribution in [0.5, 0.6) is 0 Å². The van der Waals surface area contributed by atoms with Gasteiger partial charge in [0.15, 0.2) is 0 Å². The third-order valence-electron chi connectivity index (χ3n) is 2.09. The van der Waals surface area contributed by atoms with Crippen molar-refractivity contribution in [3.8, 4) is 0 Å². The summed E-state index contributed by atoms with van der Waals surface area (Å²) in [5.41, 5.74) is 3.74. The van der Waals surface area contributed by atoms with Crippen molar-refractivity contribution in [1.82, 2.24) is 0 Å². The van der Waals surface area contributed by atoms with Crippen LogP contribution in [-0.4, -0.2) is 6.54 Å². The van der Waals surface area contributed by atoms with Crippen molar-refractivity contribution in [3.05, 3.63) is 42.0 Å². The first-order valence-electron chi connectivity index (χ1n) is 5.19. The minimum atomic E-state index is 0.854. The van der Waals surface area contributed by atoms with E-state index in [1.54, 1.807) is 0 Å². The van der Waals surface area contributed by atoms with Gasteiger partial charge in [-0.2, -0.15) is 0 Å². The Bertz CT molecular complexity index is 285. The van der Waals surface area contributed by atoms with Gasteiger partial charge in [0.2, 0.25) is 0 Å². The molecule has 14 heavy (non-hydrogen) atoms. The summed E-state index contributed by atoms with van der Waals surface area (Å²) in [5.74, 6) is 0. The van der Waals surface area contributed by atoms with Gasteiger partial charge in [-0.25, -0.2) is 0 Å². The topological polar surface area (TPSA) is 12.0 Å². The smallest absolute Gasteiger partial charge is 0.0354 e. The molecule has 0 heterocycles. The second-order valence-electron chi connectivity index (χ2n) is 3.76. The van der Waals surface area contributed by atoms with E-state index in [2.05, 4.69) is 43.1 Å². The Hall–Kier alpha value is -1.24. The largest absolute Gasteiger partial charge is 0.381 e. The van der Waals surface area contributed by atoms with E-state index in [9.17, 15) is 0 Å². The number of hydrogen-bond donors (Lipinski definition) is 1. The minimum Gasteiger partial charge on any atom is -0.381 e. The van der Waals surface area contributed by atoms with E-state index in [1.165, 1.54) is 24.1 Å². The molecule has 0 aliphatic heterocycles. The lowest BCUT2D eigenvalue weighted by atomic mass is 10.1. The molecule has 1 rings (SSSR count). The molecule has 1 nitrogen and oxygen atoms in total. The van der Waals surface area contributed by atoms with Crippen LogP contribution in [0.15, 0.2) is 36.4 Å². The first kappa shape index (κ1) is 10.8. The molecule has 0 fully saturated rings. The Kier molecular flexibility index (Phi) is 4.24. The first-order valence-corrected chi connectivity index (χ1v) is 5.19. The van der Waals surface area contributed by atoms with Gasteiger partial charge in [0.25, 0.3) is 0 Å². The number of nitrogens with one attached hydrogen (secondary N) is 1. The Labute approximate surface area is 86.8 Å². The maximum absolute atomic E-state index is 3.85. The number of anilines is 1. The molecule has 0 aromatic heterocycles. The van der Waals surface area contributed by atoms with Gasteiger partial charge < -0.3 is 5.32 Å². The third kappa shape index (κ3) is 3.65. The summed E-state index contributed by atoms with van der Waals surface area (Å²) in [6.45, 7) is 8.94. The fraction of sp³-hybridized carbons (Fsp3) is 0.385. The molecule has 0 atom stereocenters. The highest BCUT2D eigenvalue weighted by molar-refractivity contribution is 5.45. The van der Waals surface area contributed by atoms with Gasteiger partial charge in [0.05, 0.1) is 0 Å². The van der Waals surface area contributed by atoms with E-state index in [0.717, 1.165) is 12.1 Å². The molecule has 1 heteroatoms. The fourth-order valence-corrected chi connectivity index (χ4v) is 1.33. The lowest BCUT2D eigenvalue weighted by molar-refractivity contribution is 0.922. The zero-order valence-electron chi connectivity index (χ0n) is 9.14. The Morgan fingerprint density at radius 3 is 2.43 bits per heavy atom. The molecule has 1 aromatic rings. The van der Waals surface area contributed by atoms with Crippen molar-refractivity contribution in [2.24, 2.45) is 0 Å². The van der Waals surface area contributed by atoms with Gasteiger partial charge in [-0.3, -0.25) is 0 Å². The lowest BCUT2D eigenvalue weighted by Gasteiger charge is -2.06. The number of aryl methyl sites for hydroxylation is 1. The molecule has 0 bridgehead atoms. The first-order chi connectivity index (χ1) is 6.72. The molecule has 1 N–H and O–H groups in total. The molecule has 0 saturated carbocycles. The average molecular weight is 189 g/mol. The zero-order valence-corrected chi connectivity index (χ0v) is 9.14. The number of hydrogen-bond acceptors (Lipinski definition) is 1. The Balaban J connectivity index is 2.50. The van der Waals surface area contributed by atoms with Crippen LogP contribution >= 0.6 is 0 Å². The van der Waals surface area contributed by atoms with Crippen LogP contribution < -0.4 is 5.32 Å². The summed E-state index contributed by atoms with van der Waals surface area (Å²) >= 11 is 0. The van der Waals surface area contributed by atoms with Crippen molar-refractivity contribution in [1.29, 1.82) is 0 Å². The molecule has 1 aromatic carbocycles. The fourth-order valence-electron chi connectivity index (χ4n) is 1.33. The molecule has 0 spiro atoms. The molecular weight excluding hydrogens is 170 g/mol. The summed E-state index contributed by atoms with van der Waals surface area (Å²) in [4.78, 5) is 0. The summed E-state index contributed by atoms with van der Waals surface area (Å²) in [5, 5.41) is 3.31. The maximum atomic E-state index is 3.85. The minimum absolute atomic E-state index is 0.854. The van der Waals surface area contributed by atoms with Crippen LogP contribution in [-0.2, 0) is 6.42 Å². The average Bonchev–Trinajstić information content (AvgIpc) is 2.17. The van der Waals surface area contributed by atoms with Crippen molar-refractivity contribution < 1.29 is 0 Å². The second kappa shape index (κ2) is 5.48. The van der Waals surface area contributed by atoms with Crippen LogP contribution in [0.2, 0.25) is 0 Å². The van der Waals surface area contributed by atoms with Crippen LogP contribution in [0.4, 0.5) is 5.69 Å². The Morgan fingerprint density at radius 1 is 1.29 bits per heavy atom. The second-order valence-corrected chi connectivity index (χ2v) is 3.76. The third-order valence-corrected chi connectivity index (χ3v) is 2.09. The van der Waals surface area contributed by atoms with Gasteiger partial charge in [-0.1, -0.05) is 37.6 Å². The lowest BCUT2D eigenvalue weighted by Crippen LogP contribution is -2.01. The van der Waals surface area contributed by atoms with Crippen LogP contribution in [0.25, 0.3) is 0 Å². The van der Waals surface area contributed by atoms with Gasteiger partial charge in [-0.05, 0) is 31.0 Å². The summed E-state index contributed by atoms with van der Waals surface area (Å²) < 4.78 is 0. The van der Waals surface area contributed by atoms with E-state index in [0.29, 0.717) is 0 Å². The molecular formula is C13H19N. The summed E-state index contributed by atoms with van der Waals surface area (Å²) in [6, 6.07) is 8.64. The predicted octanol–water partition coefficient (Wildman–Crippen LogP) is 3.63. The quantitative estimate of drug-likeness (QED) is 0.697. The summed E-state index contributed by atoms with van der Waals surface area (Å²) in [7, 11) is 0. The van der Waals surface area contributed by atoms with Crippen molar-refractivity contribution in [3.63, 3.8) is 0 Å². The molecule has 0 amide bonds. The van der Waals surface area contributed by atoms with E-state index >= 15 is 0 Å². The monoisotopic (exact) mass is 189 g/mol. The molecule has 0 aliphatic carbocycles. The molecule has 0 radical (unpaired) electrons. The zero-order chi connectivity index (χ0) is 10.4. The summed E-state index contributed by atoms with van der Waals surface area (Å²) in [6.07, 6.45) is 2.37. The highest BCUT2D eigenvalue weighted by atomic mass is 14.9. The molecule has 0 aliphatic rings. The Morgan fingerprint density at radius 2 is 1.93 bits per heavy atom. The van der Waals surface area contributed by atoms with E-state index in [1.807, 2.05) is 6.92 Å². The predicted molar refractivity (Wildman–Crippen MR) is 63.7 cm³/mol.